The van der Waals surface area contributed by atoms with E-state index in [2.05, 4.69) is 5.32 Å². The van der Waals surface area contributed by atoms with E-state index < -0.39 is 4.92 Å². The summed E-state index contributed by atoms with van der Waals surface area (Å²) >= 11 is 6.07. The zero-order valence-corrected chi connectivity index (χ0v) is 12.6. The molecule has 2 heterocycles. The van der Waals surface area contributed by atoms with Crippen LogP contribution in [0.4, 0.5) is 5.69 Å². The first kappa shape index (κ1) is 14.5. The van der Waals surface area contributed by atoms with Crippen molar-refractivity contribution in [3.63, 3.8) is 0 Å². The predicted molar refractivity (Wildman–Crippen MR) is 87.1 cm³/mol. The van der Waals surface area contributed by atoms with Crippen LogP contribution in [0.3, 0.4) is 0 Å². The van der Waals surface area contributed by atoms with Gasteiger partial charge in [-0.05, 0) is 12.1 Å². The van der Waals surface area contributed by atoms with E-state index in [1.807, 2.05) is 0 Å². The zero-order chi connectivity index (χ0) is 15.7. The second kappa shape index (κ2) is 5.74. The SMILES string of the molecule is O=C1NC(=S)SC1=Cc1ccc(-c2cccc([N+](=O)[O-])c2)o1. The van der Waals surface area contributed by atoms with Crippen molar-refractivity contribution in [1.82, 2.24) is 5.32 Å². The second-order valence-electron chi connectivity index (χ2n) is 4.36. The average Bonchev–Trinajstić information content (AvgIpc) is 3.06. The van der Waals surface area contributed by atoms with Crippen LogP contribution in [0.25, 0.3) is 17.4 Å². The maximum atomic E-state index is 11.6. The molecule has 1 N–H and O–H groups in total. The number of benzene rings is 1. The summed E-state index contributed by atoms with van der Waals surface area (Å²) in [5.41, 5.74) is 0.586. The molecule has 0 unspecified atom stereocenters. The number of nitrogens with zero attached hydrogens (tertiary/aromatic N) is 1. The van der Waals surface area contributed by atoms with Gasteiger partial charge < -0.3 is 9.73 Å². The Balaban J connectivity index is 1.90. The topological polar surface area (TPSA) is 85.4 Å². The first-order valence-corrected chi connectivity index (χ1v) is 7.35. The van der Waals surface area contributed by atoms with Crippen LogP contribution >= 0.6 is 24.0 Å². The molecular weight excluding hydrogens is 324 g/mol. The number of rotatable bonds is 3. The summed E-state index contributed by atoms with van der Waals surface area (Å²) < 4.78 is 6.02. The number of amides is 1. The van der Waals surface area contributed by atoms with Gasteiger partial charge in [0.25, 0.3) is 11.6 Å². The number of nitrogens with one attached hydrogen (secondary N) is 1. The molecule has 110 valence electrons. The third-order valence-electron chi connectivity index (χ3n) is 2.88. The molecule has 0 spiro atoms. The molecule has 1 saturated heterocycles. The molecule has 0 atom stereocenters. The quantitative estimate of drug-likeness (QED) is 0.401. The molecule has 1 fully saturated rings. The fraction of sp³-hybridized carbons (Fsp3) is 0. The smallest absolute Gasteiger partial charge is 0.270 e. The fourth-order valence-corrected chi connectivity index (χ4v) is 2.93. The molecule has 0 bridgehead atoms. The van der Waals surface area contributed by atoms with Gasteiger partial charge in [0.15, 0.2) is 0 Å². The van der Waals surface area contributed by atoms with E-state index in [4.69, 9.17) is 16.6 Å². The van der Waals surface area contributed by atoms with Crippen LogP contribution in [0, 0.1) is 10.1 Å². The van der Waals surface area contributed by atoms with Crippen molar-refractivity contribution >= 4 is 46.0 Å². The van der Waals surface area contributed by atoms with Gasteiger partial charge in [0.2, 0.25) is 0 Å². The molecule has 1 amide bonds. The molecule has 3 rings (SSSR count). The Kier molecular flexibility index (Phi) is 3.78. The minimum Gasteiger partial charge on any atom is -0.457 e. The fourth-order valence-electron chi connectivity index (χ4n) is 1.91. The van der Waals surface area contributed by atoms with Crippen LogP contribution in [0.2, 0.25) is 0 Å². The summed E-state index contributed by atoms with van der Waals surface area (Å²) in [5, 5.41) is 13.3. The summed E-state index contributed by atoms with van der Waals surface area (Å²) in [7, 11) is 0. The molecule has 1 aromatic heterocycles. The first-order chi connectivity index (χ1) is 10.5. The Morgan fingerprint density at radius 3 is 2.82 bits per heavy atom. The monoisotopic (exact) mass is 332 g/mol. The van der Waals surface area contributed by atoms with E-state index >= 15 is 0 Å². The zero-order valence-electron chi connectivity index (χ0n) is 10.9. The molecule has 0 radical (unpaired) electrons. The maximum Gasteiger partial charge on any atom is 0.270 e. The Morgan fingerprint density at radius 2 is 2.14 bits per heavy atom. The molecule has 1 aromatic carbocycles. The van der Waals surface area contributed by atoms with Gasteiger partial charge >= 0.3 is 0 Å². The highest BCUT2D eigenvalue weighted by Gasteiger charge is 2.22. The molecule has 6 nitrogen and oxygen atoms in total. The van der Waals surface area contributed by atoms with Gasteiger partial charge in [0.1, 0.15) is 15.8 Å². The largest absolute Gasteiger partial charge is 0.457 e. The lowest BCUT2D eigenvalue weighted by Gasteiger charge is -1.97. The minimum atomic E-state index is -0.463. The molecule has 0 saturated carbocycles. The third kappa shape index (κ3) is 2.92. The number of nitro groups is 1. The Labute approximate surface area is 134 Å². The van der Waals surface area contributed by atoms with Crippen LogP contribution in [-0.2, 0) is 4.79 Å². The number of carbonyl (C=O) groups is 1. The highest BCUT2D eigenvalue weighted by molar-refractivity contribution is 8.26. The lowest BCUT2D eigenvalue weighted by molar-refractivity contribution is -0.384. The van der Waals surface area contributed by atoms with Crippen LogP contribution in [0.5, 0.6) is 0 Å². The number of thioether (sulfide) groups is 1. The maximum absolute atomic E-state index is 11.6. The van der Waals surface area contributed by atoms with E-state index in [0.717, 1.165) is 11.8 Å². The van der Waals surface area contributed by atoms with Crippen LogP contribution < -0.4 is 5.32 Å². The lowest BCUT2D eigenvalue weighted by Crippen LogP contribution is -2.17. The van der Waals surface area contributed by atoms with Gasteiger partial charge in [-0.25, -0.2) is 0 Å². The molecule has 8 heteroatoms. The molecule has 0 aliphatic carbocycles. The summed E-state index contributed by atoms with van der Waals surface area (Å²) in [5.74, 6) is 0.702. The Morgan fingerprint density at radius 1 is 1.32 bits per heavy atom. The number of hydrogen-bond acceptors (Lipinski definition) is 6. The number of non-ortho nitro benzene ring substituents is 1. The van der Waals surface area contributed by atoms with Crippen LogP contribution in [-0.4, -0.2) is 15.2 Å². The molecule has 2 aromatic rings. The Bertz CT molecular complexity index is 826. The number of nitro benzene ring substituents is 1. The summed E-state index contributed by atoms with van der Waals surface area (Å²) in [6, 6.07) is 9.54. The minimum absolute atomic E-state index is 0.00937. The van der Waals surface area contributed by atoms with Crippen molar-refractivity contribution in [1.29, 1.82) is 0 Å². The highest BCUT2D eigenvalue weighted by atomic mass is 32.2. The predicted octanol–water partition coefficient (Wildman–Crippen LogP) is 3.34. The average molecular weight is 332 g/mol. The van der Waals surface area contributed by atoms with Crippen molar-refractivity contribution in [2.45, 2.75) is 0 Å². The van der Waals surface area contributed by atoms with Crippen LogP contribution in [0.1, 0.15) is 5.76 Å². The van der Waals surface area contributed by atoms with Crippen LogP contribution in [0.15, 0.2) is 45.7 Å². The van der Waals surface area contributed by atoms with Gasteiger partial charge in [-0.1, -0.05) is 36.1 Å². The van der Waals surface area contributed by atoms with Crippen molar-refractivity contribution in [2.75, 3.05) is 0 Å². The number of carbonyl (C=O) groups excluding carboxylic acids is 1. The van der Waals surface area contributed by atoms with Crippen molar-refractivity contribution in [3.8, 4) is 11.3 Å². The Hall–Kier alpha value is -2.45. The third-order valence-corrected chi connectivity index (χ3v) is 4.05. The van der Waals surface area contributed by atoms with E-state index in [-0.39, 0.29) is 11.6 Å². The van der Waals surface area contributed by atoms with Gasteiger partial charge in [-0.15, -0.1) is 0 Å². The number of furan rings is 1. The number of thiocarbonyl (C=S) groups is 1. The summed E-state index contributed by atoms with van der Waals surface area (Å²) in [4.78, 5) is 22.4. The molecule has 1 aliphatic heterocycles. The summed E-state index contributed by atoms with van der Waals surface area (Å²) in [6.07, 6.45) is 1.58. The first-order valence-electron chi connectivity index (χ1n) is 6.12. The second-order valence-corrected chi connectivity index (χ2v) is 6.08. The van der Waals surface area contributed by atoms with E-state index in [0.29, 0.717) is 26.3 Å². The van der Waals surface area contributed by atoms with E-state index in [1.54, 1.807) is 30.3 Å². The van der Waals surface area contributed by atoms with E-state index in [9.17, 15) is 14.9 Å². The van der Waals surface area contributed by atoms with Crippen molar-refractivity contribution < 1.29 is 14.1 Å². The van der Waals surface area contributed by atoms with Crippen molar-refractivity contribution in [2.24, 2.45) is 0 Å². The summed E-state index contributed by atoms with van der Waals surface area (Å²) in [6.45, 7) is 0. The van der Waals surface area contributed by atoms with Gasteiger partial charge in [-0.3, -0.25) is 14.9 Å². The van der Waals surface area contributed by atoms with Gasteiger partial charge in [0, 0.05) is 23.8 Å². The van der Waals surface area contributed by atoms with Crippen molar-refractivity contribution in [3.05, 3.63) is 57.2 Å². The normalized spacial score (nSPS) is 16.1. The molecule has 22 heavy (non-hydrogen) atoms. The molecular formula is C14H8N2O4S2. The van der Waals surface area contributed by atoms with E-state index in [1.165, 1.54) is 12.1 Å². The number of hydrogen-bond donors (Lipinski definition) is 1. The molecule has 1 aliphatic rings. The van der Waals surface area contributed by atoms with Gasteiger partial charge in [-0.2, -0.15) is 0 Å². The standard InChI is InChI=1S/C14H8N2O4S2/c17-13-12(22-14(21)15-13)7-10-4-5-11(20-10)8-2-1-3-9(6-8)16(18)19/h1-7H,(H,15,17,21). The lowest BCUT2D eigenvalue weighted by atomic mass is 10.1. The van der Waals surface area contributed by atoms with Gasteiger partial charge in [0.05, 0.1) is 9.83 Å². The highest BCUT2D eigenvalue weighted by Crippen LogP contribution is 2.29.